The first-order chi connectivity index (χ1) is 14.8. The normalized spacial score (nSPS) is 28.9. The monoisotopic (exact) mass is 429 g/mol. The molecular formula is C23H27NO7. The van der Waals surface area contributed by atoms with E-state index in [0.717, 1.165) is 24.8 Å². The summed E-state index contributed by atoms with van der Waals surface area (Å²) in [5.74, 6) is -2.23. The molecule has 8 heteroatoms. The number of hydrogen-bond donors (Lipinski definition) is 1. The number of fused-ring (bicyclic) bond motifs is 3. The highest BCUT2D eigenvalue weighted by Crippen LogP contribution is 2.52. The molecule has 2 unspecified atom stereocenters. The number of nitrogens with zero attached hydrogens (tertiary/aromatic N) is 1. The number of carbonyl (C=O) groups is 3. The molecule has 8 nitrogen and oxygen atoms in total. The van der Waals surface area contributed by atoms with Gasteiger partial charge in [-0.2, -0.15) is 0 Å². The predicted octanol–water partition coefficient (Wildman–Crippen LogP) is 2.02. The lowest BCUT2D eigenvalue weighted by atomic mass is 9.72. The first-order valence-electron chi connectivity index (χ1n) is 10.6. The Balaban J connectivity index is 1.55. The quantitative estimate of drug-likeness (QED) is 0.419. The first-order valence-corrected chi connectivity index (χ1v) is 10.6. The van der Waals surface area contributed by atoms with E-state index >= 15 is 0 Å². The molecule has 2 heterocycles. The van der Waals surface area contributed by atoms with Crippen molar-refractivity contribution in [2.75, 3.05) is 7.11 Å². The second-order valence-electron chi connectivity index (χ2n) is 8.28. The lowest BCUT2D eigenvalue weighted by Gasteiger charge is -2.47. The molecule has 2 fully saturated rings. The zero-order valence-electron chi connectivity index (χ0n) is 17.8. The fourth-order valence-corrected chi connectivity index (χ4v) is 5.09. The van der Waals surface area contributed by atoms with Gasteiger partial charge in [0.15, 0.2) is 0 Å². The van der Waals surface area contributed by atoms with E-state index in [-0.39, 0.29) is 29.7 Å². The summed E-state index contributed by atoms with van der Waals surface area (Å²) in [6, 6.07) is 8.13. The Morgan fingerprint density at radius 1 is 1.10 bits per heavy atom. The van der Waals surface area contributed by atoms with Crippen molar-refractivity contribution in [1.82, 2.24) is 4.90 Å². The van der Waals surface area contributed by atoms with E-state index in [4.69, 9.17) is 14.2 Å². The van der Waals surface area contributed by atoms with E-state index in [1.54, 1.807) is 44.4 Å². The van der Waals surface area contributed by atoms with Crippen LogP contribution in [0.4, 0.5) is 0 Å². The highest BCUT2D eigenvalue weighted by atomic mass is 16.7. The van der Waals surface area contributed by atoms with E-state index in [9.17, 15) is 19.5 Å². The Hall–Kier alpha value is -2.71. The Labute approximate surface area is 180 Å². The van der Waals surface area contributed by atoms with Crippen LogP contribution in [0.2, 0.25) is 0 Å². The van der Waals surface area contributed by atoms with Crippen LogP contribution in [0, 0.1) is 11.8 Å². The Morgan fingerprint density at radius 3 is 2.42 bits per heavy atom. The lowest BCUT2D eigenvalue weighted by molar-refractivity contribution is -0.172. The van der Waals surface area contributed by atoms with Gasteiger partial charge < -0.3 is 24.2 Å². The van der Waals surface area contributed by atoms with Gasteiger partial charge in [0.25, 0.3) is 0 Å². The second-order valence-corrected chi connectivity index (χ2v) is 8.28. The van der Waals surface area contributed by atoms with Gasteiger partial charge in [-0.3, -0.25) is 4.79 Å². The molecule has 0 radical (unpaired) electrons. The third-order valence-electron chi connectivity index (χ3n) is 6.40. The minimum Gasteiger partial charge on any atom is -0.422 e. The Morgan fingerprint density at radius 2 is 1.77 bits per heavy atom. The van der Waals surface area contributed by atoms with Crippen LogP contribution in [0.5, 0.6) is 0 Å². The number of rotatable bonds is 6. The van der Waals surface area contributed by atoms with Gasteiger partial charge in [0.2, 0.25) is 12.2 Å². The summed E-state index contributed by atoms with van der Waals surface area (Å²) in [6.45, 7) is 3.05. The van der Waals surface area contributed by atoms with Crippen molar-refractivity contribution in [3.63, 3.8) is 0 Å². The molecule has 1 saturated heterocycles. The van der Waals surface area contributed by atoms with Crippen LogP contribution in [0.15, 0.2) is 41.6 Å². The third kappa shape index (κ3) is 3.64. The summed E-state index contributed by atoms with van der Waals surface area (Å²) in [7, 11) is 1.58. The number of amides is 1. The summed E-state index contributed by atoms with van der Waals surface area (Å²) < 4.78 is 16.3. The average molecular weight is 429 g/mol. The molecule has 1 saturated carbocycles. The SMILES string of the molecule is CO[C@H]1CCC[C@H]2C1=C(C(=O)OC(C)OC(=O)c1ccccc1)N1C(=O)[C@H](C(C)O)[C@@H]21. The van der Waals surface area contributed by atoms with E-state index in [0.29, 0.717) is 5.56 Å². The van der Waals surface area contributed by atoms with Crippen LogP contribution >= 0.6 is 0 Å². The van der Waals surface area contributed by atoms with Crippen LogP contribution in [0.1, 0.15) is 43.5 Å². The molecule has 1 amide bonds. The Kier molecular flexibility index (Phi) is 5.85. The topological polar surface area (TPSA) is 102 Å². The third-order valence-corrected chi connectivity index (χ3v) is 6.40. The first kappa shape index (κ1) is 21.5. The molecule has 166 valence electrons. The predicted molar refractivity (Wildman–Crippen MR) is 108 cm³/mol. The van der Waals surface area contributed by atoms with Crippen molar-refractivity contribution in [2.45, 2.75) is 57.6 Å². The molecule has 0 bridgehead atoms. The molecule has 3 aliphatic rings. The zero-order chi connectivity index (χ0) is 22.3. The number of ether oxygens (including phenoxy) is 3. The van der Waals surface area contributed by atoms with Gasteiger partial charge in [0.1, 0.15) is 5.70 Å². The van der Waals surface area contributed by atoms with E-state index < -0.39 is 30.3 Å². The number of aliphatic hydroxyl groups is 1. The zero-order valence-corrected chi connectivity index (χ0v) is 17.8. The average Bonchev–Trinajstić information content (AvgIpc) is 3.04. The van der Waals surface area contributed by atoms with Crippen LogP contribution in [-0.4, -0.2) is 59.5 Å². The van der Waals surface area contributed by atoms with Gasteiger partial charge in [-0.25, -0.2) is 9.59 Å². The summed E-state index contributed by atoms with van der Waals surface area (Å²) in [5, 5.41) is 10.1. The second kappa shape index (κ2) is 8.43. The van der Waals surface area contributed by atoms with Crippen molar-refractivity contribution < 1.29 is 33.7 Å². The van der Waals surface area contributed by atoms with Crippen molar-refractivity contribution in [1.29, 1.82) is 0 Å². The van der Waals surface area contributed by atoms with Gasteiger partial charge in [0.05, 0.1) is 29.7 Å². The maximum absolute atomic E-state index is 13.1. The van der Waals surface area contributed by atoms with Gasteiger partial charge in [-0.15, -0.1) is 0 Å². The maximum atomic E-state index is 13.1. The number of methoxy groups -OCH3 is 1. The molecule has 4 rings (SSSR count). The van der Waals surface area contributed by atoms with E-state index in [2.05, 4.69) is 0 Å². The molecule has 1 aliphatic carbocycles. The van der Waals surface area contributed by atoms with Crippen molar-refractivity contribution in [2.24, 2.45) is 11.8 Å². The summed E-state index contributed by atoms with van der Waals surface area (Å²) in [6.07, 6.45) is 0.217. The van der Waals surface area contributed by atoms with E-state index in [1.165, 1.54) is 11.8 Å². The van der Waals surface area contributed by atoms with Crippen LogP contribution in [0.3, 0.4) is 0 Å². The van der Waals surface area contributed by atoms with Crippen LogP contribution < -0.4 is 0 Å². The number of aliphatic hydroxyl groups excluding tert-OH is 1. The fraction of sp³-hybridized carbons (Fsp3) is 0.522. The standard InChI is InChI=1S/C23H27NO7/c1-12(25)17-19-15-10-7-11-16(29-3)18(15)20(24(19)21(17)26)23(28)31-13(2)30-22(27)14-8-5-4-6-9-14/h4-6,8-9,12-13,15-17,19,25H,7,10-11H2,1-3H3/t12?,13?,15-,16-,17+,19+/m0/s1. The number of esters is 2. The van der Waals surface area contributed by atoms with Crippen molar-refractivity contribution >= 4 is 17.8 Å². The van der Waals surface area contributed by atoms with Crippen molar-refractivity contribution in [3.05, 3.63) is 47.2 Å². The summed E-state index contributed by atoms with van der Waals surface area (Å²) in [4.78, 5) is 39.6. The molecule has 1 aromatic rings. The molecule has 0 aromatic heterocycles. The maximum Gasteiger partial charge on any atom is 0.358 e. The minimum atomic E-state index is -1.14. The molecule has 1 aromatic carbocycles. The molecule has 1 N–H and O–H groups in total. The van der Waals surface area contributed by atoms with Crippen LogP contribution in [0.25, 0.3) is 0 Å². The van der Waals surface area contributed by atoms with Gasteiger partial charge >= 0.3 is 11.9 Å². The number of hydrogen-bond acceptors (Lipinski definition) is 7. The largest absolute Gasteiger partial charge is 0.422 e. The number of carbonyl (C=O) groups excluding carboxylic acids is 3. The summed E-state index contributed by atoms with van der Waals surface area (Å²) >= 11 is 0. The molecule has 6 atom stereocenters. The smallest absolute Gasteiger partial charge is 0.358 e. The summed E-state index contributed by atoms with van der Waals surface area (Å²) in [5.41, 5.74) is 1.27. The fourth-order valence-electron chi connectivity index (χ4n) is 5.09. The highest BCUT2D eigenvalue weighted by molar-refractivity contribution is 6.01. The van der Waals surface area contributed by atoms with E-state index in [1.807, 2.05) is 0 Å². The lowest BCUT2D eigenvalue weighted by Crippen LogP contribution is -2.64. The van der Waals surface area contributed by atoms with Crippen LogP contribution in [-0.2, 0) is 23.8 Å². The van der Waals surface area contributed by atoms with Gasteiger partial charge in [0, 0.05) is 20.0 Å². The Bertz CT molecular complexity index is 910. The number of benzene rings is 1. The molecule has 31 heavy (non-hydrogen) atoms. The number of β-lactam (4-membered cyclic amide) rings is 1. The molecule has 0 spiro atoms. The molecular weight excluding hydrogens is 402 g/mol. The highest BCUT2D eigenvalue weighted by Gasteiger charge is 2.62. The molecule has 2 aliphatic heterocycles. The minimum absolute atomic E-state index is 0.0549. The van der Waals surface area contributed by atoms with Crippen molar-refractivity contribution in [3.8, 4) is 0 Å². The van der Waals surface area contributed by atoms with Gasteiger partial charge in [-0.1, -0.05) is 18.2 Å². The van der Waals surface area contributed by atoms with Gasteiger partial charge in [-0.05, 0) is 43.9 Å².